The highest BCUT2D eigenvalue weighted by Crippen LogP contribution is 2.34. The minimum atomic E-state index is -0.900. The van der Waals surface area contributed by atoms with Crippen LogP contribution in [-0.4, -0.2) is 43.2 Å². The van der Waals surface area contributed by atoms with Crippen molar-refractivity contribution in [2.24, 2.45) is 0 Å². The number of carbonyl (C=O) groups excluding carboxylic acids is 2. The Bertz CT molecular complexity index is 961. The van der Waals surface area contributed by atoms with Gasteiger partial charge in [0.1, 0.15) is 4.32 Å². The Morgan fingerprint density at radius 1 is 1.31 bits per heavy atom. The molecule has 1 amide bonds. The van der Waals surface area contributed by atoms with Gasteiger partial charge in [-0.1, -0.05) is 42.2 Å². The lowest BCUT2D eigenvalue weighted by molar-refractivity contribution is -0.137. The molecular weight excluding hydrogens is 372 g/mol. The number of amides is 1. The van der Waals surface area contributed by atoms with Crippen molar-refractivity contribution in [2.45, 2.75) is 19.8 Å². The molecule has 1 fully saturated rings. The van der Waals surface area contributed by atoms with Gasteiger partial charge >= 0.3 is 5.97 Å². The first-order chi connectivity index (χ1) is 12.4. The number of carboxylic acids is 1. The number of thiocarbonyl (C=S) groups is 1. The van der Waals surface area contributed by atoms with Gasteiger partial charge in [-0.05, 0) is 18.6 Å². The quantitative estimate of drug-likeness (QED) is 0.625. The van der Waals surface area contributed by atoms with Crippen LogP contribution >= 0.6 is 24.0 Å². The number of hydrogen-bond donors (Lipinski definition) is 1. The van der Waals surface area contributed by atoms with E-state index in [2.05, 4.69) is 0 Å². The fraction of sp³-hybridized carbons (Fsp3) is 0.222. The summed E-state index contributed by atoms with van der Waals surface area (Å²) in [5, 5.41) is 9.60. The van der Waals surface area contributed by atoms with E-state index in [-0.39, 0.29) is 24.8 Å². The van der Waals surface area contributed by atoms with E-state index >= 15 is 0 Å². The van der Waals surface area contributed by atoms with E-state index in [0.717, 1.165) is 16.5 Å². The minimum Gasteiger partial charge on any atom is -0.481 e. The van der Waals surface area contributed by atoms with Gasteiger partial charge in [0.2, 0.25) is 5.91 Å². The van der Waals surface area contributed by atoms with E-state index < -0.39 is 5.97 Å². The summed E-state index contributed by atoms with van der Waals surface area (Å²) in [6.45, 7) is 1.77. The molecule has 1 aromatic heterocycles. The van der Waals surface area contributed by atoms with Crippen LogP contribution in [0.1, 0.15) is 30.1 Å². The number of rotatable bonds is 5. The van der Waals surface area contributed by atoms with Crippen molar-refractivity contribution < 1.29 is 19.5 Å². The summed E-state index contributed by atoms with van der Waals surface area (Å²) >= 11 is 6.44. The van der Waals surface area contributed by atoms with Crippen LogP contribution in [0.5, 0.6) is 0 Å². The molecule has 0 bridgehead atoms. The molecule has 0 aliphatic carbocycles. The summed E-state index contributed by atoms with van der Waals surface area (Å²) < 4.78 is 1.97. The van der Waals surface area contributed by atoms with Gasteiger partial charge in [-0.2, -0.15) is 0 Å². The van der Waals surface area contributed by atoms with Crippen LogP contribution < -0.4 is 0 Å². The van der Waals surface area contributed by atoms with Crippen LogP contribution in [0.3, 0.4) is 0 Å². The number of thioether (sulfide) groups is 1. The number of aliphatic carboxylic acids is 1. The molecule has 8 heteroatoms. The maximum absolute atomic E-state index is 12.6. The molecule has 1 aliphatic rings. The highest BCUT2D eigenvalue weighted by molar-refractivity contribution is 8.26. The Kier molecular flexibility index (Phi) is 5.24. The Morgan fingerprint density at radius 2 is 2.04 bits per heavy atom. The van der Waals surface area contributed by atoms with Crippen molar-refractivity contribution in [3.05, 3.63) is 40.9 Å². The van der Waals surface area contributed by atoms with Crippen LogP contribution in [-0.2, 0) is 9.59 Å². The number of fused-ring (bicyclic) bond motifs is 1. The molecule has 3 rings (SSSR count). The molecular formula is C18H16N2O4S2. The second kappa shape index (κ2) is 7.43. The first-order valence-corrected chi connectivity index (χ1v) is 9.19. The number of carboxylic acid groups (broad SMARTS) is 1. The summed E-state index contributed by atoms with van der Waals surface area (Å²) in [6, 6.07) is 7.48. The van der Waals surface area contributed by atoms with Crippen molar-refractivity contribution in [2.75, 3.05) is 6.54 Å². The Hall–Kier alpha value is -2.45. The summed E-state index contributed by atoms with van der Waals surface area (Å²) in [7, 11) is 0. The van der Waals surface area contributed by atoms with Crippen LogP contribution in [0.15, 0.2) is 35.4 Å². The molecule has 26 heavy (non-hydrogen) atoms. The predicted octanol–water partition coefficient (Wildman–Crippen LogP) is 3.37. The number of carbonyl (C=O) groups is 3. The van der Waals surface area contributed by atoms with E-state index in [1.165, 1.54) is 23.6 Å². The van der Waals surface area contributed by atoms with Gasteiger partial charge in [-0.25, -0.2) is 0 Å². The van der Waals surface area contributed by atoms with Crippen LogP contribution in [0.25, 0.3) is 17.0 Å². The van der Waals surface area contributed by atoms with Crippen LogP contribution in [0, 0.1) is 0 Å². The lowest BCUT2D eigenvalue weighted by Gasteiger charge is -2.13. The smallest absolute Gasteiger partial charge is 0.303 e. The zero-order chi connectivity index (χ0) is 18.8. The van der Waals surface area contributed by atoms with Gasteiger partial charge in [0.25, 0.3) is 5.91 Å². The zero-order valence-corrected chi connectivity index (χ0v) is 15.6. The number of aromatic nitrogens is 1. The number of benzene rings is 1. The molecule has 0 spiro atoms. The largest absolute Gasteiger partial charge is 0.481 e. The van der Waals surface area contributed by atoms with Crippen molar-refractivity contribution in [1.29, 1.82) is 0 Å². The Morgan fingerprint density at radius 3 is 2.73 bits per heavy atom. The topological polar surface area (TPSA) is 79.6 Å². The second-order valence-electron chi connectivity index (χ2n) is 5.82. The molecule has 1 aliphatic heterocycles. The number of para-hydroxylation sites is 1. The number of hydrogen-bond acceptors (Lipinski definition) is 5. The van der Waals surface area contributed by atoms with Crippen molar-refractivity contribution in [3.8, 4) is 0 Å². The highest BCUT2D eigenvalue weighted by atomic mass is 32.2. The number of nitrogens with zero attached hydrogens (tertiary/aromatic N) is 2. The molecule has 0 unspecified atom stereocenters. The lowest BCUT2D eigenvalue weighted by atomic mass is 10.1. The third kappa shape index (κ3) is 3.56. The molecule has 0 saturated carbocycles. The summed E-state index contributed by atoms with van der Waals surface area (Å²) in [5.74, 6) is -1.24. The third-order valence-corrected chi connectivity index (χ3v) is 5.39. The monoisotopic (exact) mass is 388 g/mol. The highest BCUT2D eigenvalue weighted by Gasteiger charge is 2.31. The molecule has 1 N–H and O–H groups in total. The van der Waals surface area contributed by atoms with E-state index in [4.69, 9.17) is 17.3 Å². The van der Waals surface area contributed by atoms with Gasteiger partial charge in [-0.3, -0.25) is 23.9 Å². The molecule has 0 radical (unpaired) electrons. The fourth-order valence-electron chi connectivity index (χ4n) is 2.80. The molecule has 1 aromatic carbocycles. The third-order valence-electron chi connectivity index (χ3n) is 4.01. The maximum Gasteiger partial charge on any atom is 0.303 e. The first-order valence-electron chi connectivity index (χ1n) is 7.96. The van der Waals surface area contributed by atoms with Gasteiger partial charge in [0.15, 0.2) is 0 Å². The van der Waals surface area contributed by atoms with E-state index in [9.17, 15) is 14.4 Å². The van der Waals surface area contributed by atoms with Gasteiger partial charge in [0.05, 0.1) is 10.4 Å². The molecule has 6 nitrogen and oxygen atoms in total. The molecule has 2 heterocycles. The van der Waals surface area contributed by atoms with E-state index in [0.29, 0.717) is 15.6 Å². The molecule has 134 valence electrons. The first kappa shape index (κ1) is 18.3. The fourth-order valence-corrected chi connectivity index (χ4v) is 4.10. The summed E-state index contributed by atoms with van der Waals surface area (Å²) in [5.41, 5.74) is 1.55. The van der Waals surface area contributed by atoms with Crippen LogP contribution in [0.4, 0.5) is 0 Å². The summed E-state index contributed by atoms with van der Waals surface area (Å²) in [6.07, 6.45) is 3.78. The average molecular weight is 388 g/mol. The molecule has 2 aromatic rings. The molecule has 1 saturated heterocycles. The second-order valence-corrected chi connectivity index (χ2v) is 7.50. The van der Waals surface area contributed by atoms with Crippen molar-refractivity contribution in [3.63, 3.8) is 0 Å². The van der Waals surface area contributed by atoms with Gasteiger partial charge in [0, 0.05) is 37.0 Å². The lowest BCUT2D eigenvalue weighted by Crippen LogP contribution is -2.29. The normalized spacial score (nSPS) is 16.0. The predicted molar refractivity (Wildman–Crippen MR) is 105 cm³/mol. The van der Waals surface area contributed by atoms with Crippen molar-refractivity contribution >= 4 is 63.1 Å². The summed E-state index contributed by atoms with van der Waals surface area (Å²) in [4.78, 5) is 37.0. The zero-order valence-electron chi connectivity index (χ0n) is 14.0. The van der Waals surface area contributed by atoms with Crippen molar-refractivity contribution in [1.82, 2.24) is 9.47 Å². The van der Waals surface area contributed by atoms with E-state index in [1.54, 1.807) is 16.8 Å². The average Bonchev–Trinajstić information content (AvgIpc) is 3.08. The Balaban J connectivity index is 1.90. The van der Waals surface area contributed by atoms with Gasteiger partial charge in [-0.15, -0.1) is 0 Å². The standard InChI is InChI=1S/C18H16N2O4S2/c1-11(21)20-10-12(13-5-2-3-6-14(13)20)9-15-17(24)19(18(25)26-15)8-4-7-16(22)23/h2-3,5-6,9-10H,4,7-8H2,1H3,(H,22,23). The maximum atomic E-state index is 12.6. The Labute approximate surface area is 159 Å². The minimum absolute atomic E-state index is 0.0117. The van der Waals surface area contributed by atoms with Crippen LogP contribution in [0.2, 0.25) is 0 Å². The van der Waals surface area contributed by atoms with E-state index in [1.807, 2.05) is 24.3 Å². The SMILES string of the molecule is CC(=O)n1cc(C=C2SC(=S)N(CCCC(=O)O)C2=O)c2ccccc21. The molecule has 0 atom stereocenters. The van der Waals surface area contributed by atoms with Gasteiger partial charge < -0.3 is 5.11 Å².